The smallest absolute Gasteiger partial charge is 0.261 e. The van der Waals surface area contributed by atoms with Gasteiger partial charge in [0.15, 0.2) is 0 Å². The van der Waals surface area contributed by atoms with E-state index >= 15 is 0 Å². The molecule has 7 heteroatoms. The number of halogens is 2. The summed E-state index contributed by atoms with van der Waals surface area (Å²) in [5.41, 5.74) is 2.78. The second-order valence-electron chi connectivity index (χ2n) is 9.56. The Morgan fingerprint density at radius 2 is 1.83 bits per heavy atom. The van der Waals surface area contributed by atoms with Crippen molar-refractivity contribution in [2.24, 2.45) is 10.9 Å². The van der Waals surface area contributed by atoms with Gasteiger partial charge in [0.2, 0.25) is 0 Å². The summed E-state index contributed by atoms with van der Waals surface area (Å²) in [6.07, 6.45) is 0. The van der Waals surface area contributed by atoms with Gasteiger partial charge >= 0.3 is 0 Å². The van der Waals surface area contributed by atoms with Crippen LogP contribution in [0.25, 0.3) is 10.9 Å². The maximum absolute atomic E-state index is 14.5. The van der Waals surface area contributed by atoms with Crippen LogP contribution in [0.3, 0.4) is 0 Å². The molecule has 1 aromatic heterocycles. The number of fused-ring (bicyclic) bond motifs is 1. The van der Waals surface area contributed by atoms with Crippen molar-refractivity contribution in [3.63, 3.8) is 0 Å². The molecule has 5 nitrogen and oxygen atoms in total. The summed E-state index contributed by atoms with van der Waals surface area (Å²) >= 11 is 6.28. The number of hydrogen-bond donors (Lipinski definition) is 0. The first-order chi connectivity index (χ1) is 17.3. The van der Waals surface area contributed by atoms with Crippen LogP contribution in [0.15, 0.2) is 76.5 Å². The average molecular weight is 503 g/mol. The van der Waals surface area contributed by atoms with E-state index in [1.54, 1.807) is 35.8 Å². The van der Waals surface area contributed by atoms with Gasteiger partial charge in [-0.25, -0.2) is 9.37 Å². The molecule has 1 unspecified atom stereocenters. The van der Waals surface area contributed by atoms with E-state index in [1.807, 2.05) is 36.4 Å². The fourth-order valence-electron chi connectivity index (χ4n) is 4.87. The molecule has 0 N–H and O–H groups in total. The highest BCUT2D eigenvalue weighted by Gasteiger charge is 2.33. The Morgan fingerprint density at radius 3 is 2.56 bits per heavy atom. The molecule has 0 amide bonds. The van der Waals surface area contributed by atoms with Crippen molar-refractivity contribution in [1.29, 1.82) is 0 Å². The lowest BCUT2D eigenvalue weighted by atomic mass is 9.99. The molecule has 3 aromatic carbocycles. The van der Waals surface area contributed by atoms with Crippen molar-refractivity contribution in [1.82, 2.24) is 14.5 Å². The Kier molecular flexibility index (Phi) is 6.63. The van der Waals surface area contributed by atoms with Gasteiger partial charge in [0.1, 0.15) is 17.5 Å². The Morgan fingerprint density at radius 1 is 1.06 bits per heavy atom. The summed E-state index contributed by atoms with van der Waals surface area (Å²) in [7, 11) is 0. The van der Waals surface area contributed by atoms with Crippen LogP contribution in [-0.2, 0) is 6.54 Å². The number of rotatable bonds is 6. The Labute approximate surface area is 214 Å². The van der Waals surface area contributed by atoms with E-state index < -0.39 is 0 Å². The Bertz CT molecular complexity index is 1510. The van der Waals surface area contributed by atoms with Crippen LogP contribution in [0.2, 0.25) is 5.02 Å². The van der Waals surface area contributed by atoms with Gasteiger partial charge in [0, 0.05) is 17.1 Å². The fourth-order valence-corrected chi connectivity index (χ4v) is 5.04. The molecule has 0 radical (unpaired) electrons. The summed E-state index contributed by atoms with van der Waals surface area (Å²) in [5, 5.41) is 1.05. The highest BCUT2D eigenvalue weighted by molar-refractivity contribution is 6.31. The summed E-state index contributed by atoms with van der Waals surface area (Å²) in [4.78, 5) is 25.7. The van der Waals surface area contributed by atoms with Crippen LogP contribution < -0.4 is 5.56 Å². The van der Waals surface area contributed by atoms with Gasteiger partial charge in [-0.3, -0.25) is 14.4 Å². The van der Waals surface area contributed by atoms with Gasteiger partial charge in [-0.1, -0.05) is 67.9 Å². The molecule has 0 saturated carbocycles. The molecule has 0 aliphatic carbocycles. The van der Waals surface area contributed by atoms with E-state index in [0.29, 0.717) is 46.9 Å². The standard InChI is InChI=1S/C29H28ClFN4O/c1-18(2)26(34-14-13-32-27(34)21-10-9-19(3)24(31)15-21)28-33-25-16-22(30)11-12-23(25)29(36)35(28)17-20-7-5-4-6-8-20/h4-12,15-16,18,26H,13-14,17H2,1-3H3. The first kappa shape index (κ1) is 24.2. The molecule has 1 aliphatic rings. The van der Waals surface area contributed by atoms with E-state index in [0.717, 1.165) is 17.0 Å². The Balaban J connectivity index is 1.69. The van der Waals surface area contributed by atoms with Gasteiger partial charge < -0.3 is 4.90 Å². The third-order valence-corrected chi connectivity index (χ3v) is 6.90. The normalized spacial score (nSPS) is 14.5. The molecule has 0 spiro atoms. The largest absolute Gasteiger partial charge is 0.344 e. The maximum Gasteiger partial charge on any atom is 0.261 e. The zero-order valence-corrected chi connectivity index (χ0v) is 21.3. The molecule has 36 heavy (non-hydrogen) atoms. The number of aliphatic imine (C=N–C) groups is 1. The number of aromatic nitrogens is 2. The molecule has 0 bridgehead atoms. The lowest BCUT2D eigenvalue weighted by molar-refractivity contribution is 0.250. The number of nitrogens with zero attached hydrogens (tertiary/aromatic N) is 4. The molecular weight excluding hydrogens is 475 g/mol. The van der Waals surface area contributed by atoms with Gasteiger partial charge in [-0.15, -0.1) is 0 Å². The zero-order valence-electron chi connectivity index (χ0n) is 20.6. The number of aryl methyl sites for hydroxylation is 1. The predicted octanol–water partition coefficient (Wildman–Crippen LogP) is 6.01. The monoisotopic (exact) mass is 502 g/mol. The van der Waals surface area contributed by atoms with Crippen molar-refractivity contribution < 1.29 is 4.39 Å². The molecule has 1 atom stereocenters. The van der Waals surface area contributed by atoms with E-state index in [4.69, 9.17) is 21.6 Å². The lowest BCUT2D eigenvalue weighted by Gasteiger charge is -2.34. The van der Waals surface area contributed by atoms with Crippen LogP contribution in [0.4, 0.5) is 4.39 Å². The average Bonchev–Trinajstić information content (AvgIpc) is 3.33. The van der Waals surface area contributed by atoms with E-state index in [-0.39, 0.29) is 23.3 Å². The van der Waals surface area contributed by atoms with Gasteiger partial charge in [0.25, 0.3) is 5.56 Å². The lowest BCUT2D eigenvalue weighted by Crippen LogP contribution is -2.40. The molecule has 184 valence electrons. The van der Waals surface area contributed by atoms with E-state index in [9.17, 15) is 9.18 Å². The summed E-state index contributed by atoms with van der Waals surface area (Å²) in [6, 6.07) is 20.0. The van der Waals surface area contributed by atoms with Crippen LogP contribution in [0.5, 0.6) is 0 Å². The molecule has 5 rings (SSSR count). The summed E-state index contributed by atoms with van der Waals surface area (Å²) in [5.74, 6) is 1.20. The Hall–Kier alpha value is -3.51. The van der Waals surface area contributed by atoms with Crippen LogP contribution in [0, 0.1) is 18.7 Å². The molecule has 0 fully saturated rings. The molecule has 1 aliphatic heterocycles. The summed E-state index contributed by atoms with van der Waals surface area (Å²) < 4.78 is 16.2. The predicted molar refractivity (Wildman–Crippen MR) is 143 cm³/mol. The van der Waals surface area contributed by atoms with Gasteiger partial charge in [0.05, 0.1) is 30.0 Å². The molecule has 0 saturated heterocycles. The second-order valence-corrected chi connectivity index (χ2v) is 10.00. The van der Waals surface area contributed by atoms with Gasteiger partial charge in [-0.05, 0) is 48.2 Å². The minimum atomic E-state index is -0.261. The molecular formula is C29H28ClFN4O. The highest BCUT2D eigenvalue weighted by Crippen LogP contribution is 2.32. The van der Waals surface area contributed by atoms with Crippen molar-refractivity contribution in [3.8, 4) is 0 Å². The second kappa shape index (κ2) is 9.86. The minimum Gasteiger partial charge on any atom is -0.344 e. The van der Waals surface area contributed by atoms with Crippen LogP contribution >= 0.6 is 11.6 Å². The van der Waals surface area contributed by atoms with E-state index in [2.05, 4.69) is 18.7 Å². The van der Waals surface area contributed by atoms with Crippen molar-refractivity contribution >= 4 is 28.3 Å². The minimum absolute atomic E-state index is 0.0918. The number of benzene rings is 3. The van der Waals surface area contributed by atoms with Crippen molar-refractivity contribution in [2.75, 3.05) is 13.1 Å². The topological polar surface area (TPSA) is 50.5 Å². The number of hydrogen-bond acceptors (Lipinski definition) is 4. The zero-order chi connectivity index (χ0) is 25.4. The van der Waals surface area contributed by atoms with Crippen LogP contribution in [0.1, 0.15) is 42.4 Å². The molecule has 4 aromatic rings. The third-order valence-electron chi connectivity index (χ3n) is 6.67. The first-order valence-corrected chi connectivity index (χ1v) is 12.5. The van der Waals surface area contributed by atoms with Crippen molar-refractivity contribution in [2.45, 2.75) is 33.4 Å². The quantitative estimate of drug-likeness (QED) is 0.324. The van der Waals surface area contributed by atoms with Crippen molar-refractivity contribution in [3.05, 3.63) is 110 Å². The fraction of sp³-hybridized carbons (Fsp3) is 0.276. The van der Waals surface area contributed by atoms with E-state index in [1.165, 1.54) is 6.07 Å². The third kappa shape index (κ3) is 4.53. The summed E-state index contributed by atoms with van der Waals surface area (Å²) in [6.45, 7) is 7.60. The SMILES string of the molecule is Cc1ccc(C2=NCCN2C(c2nc3cc(Cl)ccc3c(=O)n2Cc2ccccc2)C(C)C)cc1F. The van der Waals surface area contributed by atoms with Gasteiger partial charge in [-0.2, -0.15) is 0 Å². The molecule has 2 heterocycles. The highest BCUT2D eigenvalue weighted by atomic mass is 35.5. The maximum atomic E-state index is 14.5. The first-order valence-electron chi connectivity index (χ1n) is 12.1. The van der Waals surface area contributed by atoms with Crippen LogP contribution in [-0.4, -0.2) is 33.4 Å². The number of amidine groups is 1.